The summed E-state index contributed by atoms with van der Waals surface area (Å²) in [6.45, 7) is 0. The summed E-state index contributed by atoms with van der Waals surface area (Å²) in [6, 6.07) is 6.10. The van der Waals surface area contributed by atoms with Crippen LogP contribution in [0.15, 0.2) is 40.7 Å². The minimum absolute atomic E-state index is 0.0469. The third kappa shape index (κ3) is 4.54. The van der Waals surface area contributed by atoms with Gasteiger partial charge in [0.1, 0.15) is 0 Å². The van der Waals surface area contributed by atoms with Crippen LogP contribution >= 0.6 is 23.5 Å². The number of thioether (sulfide) groups is 2. The Morgan fingerprint density at radius 2 is 1.85 bits per heavy atom. The zero-order chi connectivity index (χ0) is 14.4. The predicted octanol–water partition coefficient (Wildman–Crippen LogP) is 3.89. The van der Waals surface area contributed by atoms with Gasteiger partial charge in [0.25, 0.3) is 5.69 Å². The number of non-ortho nitro benzene ring substituents is 1. The van der Waals surface area contributed by atoms with Crippen molar-refractivity contribution in [1.29, 1.82) is 0 Å². The minimum atomic E-state index is -0.444. The number of rotatable bonds is 4. The van der Waals surface area contributed by atoms with Gasteiger partial charge in [0, 0.05) is 22.4 Å². The summed E-state index contributed by atoms with van der Waals surface area (Å²) in [7, 11) is 0. The molecule has 20 heavy (non-hydrogen) atoms. The van der Waals surface area contributed by atoms with Crippen LogP contribution in [-0.4, -0.2) is 22.2 Å². The topological polar surface area (TPSA) is 60.2 Å². The largest absolute Gasteiger partial charge is 0.290 e. The molecule has 1 fully saturated rings. The summed E-state index contributed by atoms with van der Waals surface area (Å²) in [6.07, 6.45) is 5.99. The highest BCUT2D eigenvalue weighted by Gasteiger charge is 2.07. The Kier molecular flexibility index (Phi) is 5.43. The number of hydrogen-bond acceptors (Lipinski definition) is 5. The average molecular weight is 307 g/mol. The zero-order valence-corrected chi connectivity index (χ0v) is 12.3. The van der Waals surface area contributed by atoms with Gasteiger partial charge < -0.3 is 0 Å². The molecule has 0 N–H and O–H groups in total. The Bertz CT molecular complexity index is 556. The van der Waals surface area contributed by atoms with Crippen LogP contribution in [0.3, 0.4) is 0 Å². The van der Waals surface area contributed by atoms with Crippen LogP contribution in [0.4, 0.5) is 5.69 Å². The number of nitro benzene ring substituents is 1. The minimum Gasteiger partial charge on any atom is -0.290 e. The molecule has 1 aliphatic heterocycles. The molecule has 0 radical (unpaired) electrons. The summed E-state index contributed by atoms with van der Waals surface area (Å²) >= 11 is 3.43. The van der Waals surface area contributed by atoms with Crippen LogP contribution < -0.4 is 0 Å². The highest BCUT2D eigenvalue weighted by atomic mass is 32.2. The highest BCUT2D eigenvalue weighted by Crippen LogP contribution is 2.34. The summed E-state index contributed by atoms with van der Waals surface area (Å²) in [5.74, 6) is 2.08. The molecule has 0 unspecified atom stereocenters. The number of nitrogens with zero attached hydrogens (tertiary/aromatic N) is 1. The van der Waals surface area contributed by atoms with Gasteiger partial charge in [-0.2, -0.15) is 0 Å². The first-order chi connectivity index (χ1) is 9.65. The number of hydrogen-bond donors (Lipinski definition) is 0. The predicted molar refractivity (Wildman–Crippen MR) is 84.8 cm³/mol. The quantitative estimate of drug-likeness (QED) is 0.480. The third-order valence-electron chi connectivity index (χ3n) is 2.58. The molecular weight excluding hydrogens is 294 g/mol. The Labute approximate surface area is 125 Å². The number of nitro groups is 1. The third-order valence-corrected chi connectivity index (χ3v) is 5.08. The fourth-order valence-electron chi connectivity index (χ4n) is 1.58. The van der Waals surface area contributed by atoms with E-state index in [1.807, 2.05) is 0 Å². The van der Waals surface area contributed by atoms with Crippen molar-refractivity contribution in [2.75, 3.05) is 11.5 Å². The molecule has 2 rings (SSSR count). The Hall–Kier alpha value is -1.53. The number of carbonyl (C=O) groups is 1. The van der Waals surface area contributed by atoms with Crippen molar-refractivity contribution in [3.8, 4) is 0 Å². The second kappa shape index (κ2) is 7.31. The van der Waals surface area contributed by atoms with Crippen LogP contribution in [0.2, 0.25) is 0 Å². The number of carbonyl (C=O) groups excluding carboxylic acids is 1. The van der Waals surface area contributed by atoms with E-state index in [1.54, 1.807) is 47.8 Å². The van der Waals surface area contributed by atoms with Gasteiger partial charge in [-0.25, -0.2) is 0 Å². The van der Waals surface area contributed by atoms with Gasteiger partial charge >= 0.3 is 0 Å². The first kappa shape index (κ1) is 14.9. The molecule has 104 valence electrons. The lowest BCUT2D eigenvalue weighted by Crippen LogP contribution is -1.94. The van der Waals surface area contributed by atoms with E-state index < -0.39 is 4.92 Å². The van der Waals surface area contributed by atoms with Gasteiger partial charge in [-0.3, -0.25) is 14.9 Å². The second-order valence-electron chi connectivity index (χ2n) is 4.10. The first-order valence-electron chi connectivity index (χ1n) is 6.09. The van der Waals surface area contributed by atoms with E-state index in [2.05, 4.69) is 0 Å². The fraction of sp³-hybridized carbons (Fsp3) is 0.214. The summed E-state index contributed by atoms with van der Waals surface area (Å²) in [4.78, 5) is 21.8. The monoisotopic (exact) mass is 307 g/mol. The molecule has 1 heterocycles. The molecule has 1 saturated heterocycles. The van der Waals surface area contributed by atoms with Gasteiger partial charge in [0.2, 0.25) is 0 Å². The summed E-state index contributed by atoms with van der Waals surface area (Å²) in [5, 5.41) is 10.5. The van der Waals surface area contributed by atoms with Gasteiger partial charge in [-0.05, 0) is 41.7 Å². The van der Waals surface area contributed by atoms with Crippen LogP contribution in [0, 0.1) is 10.1 Å². The van der Waals surface area contributed by atoms with Crippen molar-refractivity contribution in [2.45, 2.75) is 6.42 Å². The Morgan fingerprint density at radius 3 is 2.45 bits per heavy atom. The van der Waals surface area contributed by atoms with Crippen molar-refractivity contribution in [1.82, 2.24) is 0 Å². The molecule has 0 spiro atoms. The van der Waals surface area contributed by atoms with Crippen molar-refractivity contribution >= 4 is 41.1 Å². The lowest BCUT2D eigenvalue weighted by molar-refractivity contribution is -0.384. The van der Waals surface area contributed by atoms with E-state index in [4.69, 9.17) is 0 Å². The standard InChI is InChI=1S/C14H13NO3S2/c16-13(10-14-19-8-1-9-20-14)7-4-11-2-5-12(6-3-11)15(17)18/h2-7,10H,1,8-9H2/b7-4+. The molecule has 1 aromatic rings. The maximum Gasteiger partial charge on any atom is 0.269 e. The molecule has 1 aromatic carbocycles. The smallest absolute Gasteiger partial charge is 0.269 e. The first-order valence-corrected chi connectivity index (χ1v) is 8.06. The summed E-state index contributed by atoms with van der Waals surface area (Å²) < 4.78 is 1.06. The lowest BCUT2D eigenvalue weighted by Gasteiger charge is -2.11. The second-order valence-corrected chi connectivity index (χ2v) is 6.63. The molecule has 0 aliphatic carbocycles. The van der Waals surface area contributed by atoms with Gasteiger partial charge in [0.15, 0.2) is 5.78 Å². The zero-order valence-electron chi connectivity index (χ0n) is 10.7. The van der Waals surface area contributed by atoms with Crippen molar-refractivity contribution < 1.29 is 9.72 Å². The van der Waals surface area contributed by atoms with Gasteiger partial charge in [-0.15, -0.1) is 23.5 Å². The fourth-order valence-corrected chi connectivity index (χ4v) is 3.97. The van der Waals surface area contributed by atoms with E-state index in [-0.39, 0.29) is 11.5 Å². The SMILES string of the molecule is O=C(C=C1SCCCS1)/C=C/c1ccc([N+](=O)[O-])cc1. The van der Waals surface area contributed by atoms with E-state index in [0.29, 0.717) is 0 Å². The Morgan fingerprint density at radius 1 is 1.20 bits per heavy atom. The van der Waals surface area contributed by atoms with Crippen LogP contribution in [0.1, 0.15) is 12.0 Å². The number of benzene rings is 1. The lowest BCUT2D eigenvalue weighted by atomic mass is 10.2. The molecule has 1 aliphatic rings. The molecule has 4 nitrogen and oxygen atoms in total. The van der Waals surface area contributed by atoms with Crippen LogP contribution in [0.25, 0.3) is 6.08 Å². The van der Waals surface area contributed by atoms with E-state index in [1.165, 1.54) is 24.6 Å². The highest BCUT2D eigenvalue weighted by molar-refractivity contribution is 8.22. The summed E-state index contributed by atoms with van der Waals surface area (Å²) in [5.41, 5.74) is 0.817. The van der Waals surface area contributed by atoms with E-state index >= 15 is 0 Å². The van der Waals surface area contributed by atoms with Crippen molar-refractivity contribution in [3.63, 3.8) is 0 Å². The molecule has 0 saturated carbocycles. The van der Waals surface area contributed by atoms with E-state index in [0.717, 1.165) is 21.3 Å². The molecule has 0 atom stereocenters. The molecule has 6 heteroatoms. The van der Waals surface area contributed by atoms with Crippen LogP contribution in [-0.2, 0) is 4.79 Å². The molecule has 0 bridgehead atoms. The van der Waals surface area contributed by atoms with Crippen LogP contribution in [0.5, 0.6) is 0 Å². The number of ketones is 1. The van der Waals surface area contributed by atoms with Gasteiger partial charge in [0.05, 0.1) is 4.92 Å². The Balaban J connectivity index is 1.97. The maximum atomic E-state index is 11.8. The number of allylic oxidation sites excluding steroid dienone is 2. The van der Waals surface area contributed by atoms with E-state index in [9.17, 15) is 14.9 Å². The molecule has 0 amide bonds. The van der Waals surface area contributed by atoms with Crippen molar-refractivity contribution in [2.24, 2.45) is 0 Å². The maximum absolute atomic E-state index is 11.8. The molecule has 0 aromatic heterocycles. The average Bonchev–Trinajstić information content (AvgIpc) is 2.46. The molecular formula is C14H13NO3S2. The van der Waals surface area contributed by atoms with Gasteiger partial charge in [-0.1, -0.05) is 6.08 Å². The normalized spacial score (nSPS) is 15.3. The van der Waals surface area contributed by atoms with Crippen molar-refractivity contribution in [3.05, 3.63) is 56.3 Å².